The predicted octanol–water partition coefficient (Wildman–Crippen LogP) is 6.78. The Morgan fingerprint density at radius 3 is 1.67 bits per heavy atom. The minimum atomic E-state index is 0.125. The summed E-state index contributed by atoms with van der Waals surface area (Å²) in [7, 11) is 0. The molecule has 0 atom stereocenters. The third-order valence-corrected chi connectivity index (χ3v) is 3.77. The van der Waals surface area contributed by atoms with Crippen LogP contribution in [0.25, 0.3) is 0 Å². The van der Waals surface area contributed by atoms with E-state index in [-0.39, 0.29) is 5.78 Å². The van der Waals surface area contributed by atoms with Crippen molar-refractivity contribution in [2.45, 2.75) is 97.3 Å². The van der Waals surface area contributed by atoms with Gasteiger partial charge in [-0.15, -0.1) is 0 Å². The fourth-order valence-corrected chi connectivity index (χ4v) is 2.42. The van der Waals surface area contributed by atoms with Crippen LogP contribution in [0.5, 0.6) is 0 Å². The van der Waals surface area contributed by atoms with Gasteiger partial charge in [0.2, 0.25) is 0 Å². The van der Waals surface area contributed by atoms with Crippen molar-refractivity contribution in [3.05, 3.63) is 24.3 Å². The van der Waals surface area contributed by atoms with Gasteiger partial charge in [0, 0.05) is 0 Å². The van der Waals surface area contributed by atoms with Crippen molar-refractivity contribution in [3.8, 4) is 0 Å². The van der Waals surface area contributed by atoms with E-state index in [1.54, 1.807) is 12.2 Å². The van der Waals surface area contributed by atoms with Gasteiger partial charge >= 0.3 is 0 Å². The normalized spacial score (nSPS) is 11.7. The van der Waals surface area contributed by atoms with E-state index >= 15 is 0 Å². The van der Waals surface area contributed by atoms with Crippen molar-refractivity contribution in [1.82, 2.24) is 0 Å². The molecule has 0 heterocycles. The fourth-order valence-electron chi connectivity index (χ4n) is 2.42. The van der Waals surface area contributed by atoms with E-state index in [1.165, 1.54) is 70.6 Å². The van der Waals surface area contributed by atoms with Crippen molar-refractivity contribution in [1.29, 1.82) is 0 Å². The highest BCUT2D eigenvalue weighted by Crippen LogP contribution is 2.11. The number of hydrogen-bond acceptors (Lipinski definition) is 1. The smallest absolute Gasteiger partial charge is 0.177 e. The van der Waals surface area contributed by atoms with Gasteiger partial charge in [0.15, 0.2) is 5.78 Å². The molecule has 0 unspecified atom stereocenters. The number of unbranched alkanes of at least 4 members (excludes halogenated alkanes) is 11. The zero-order chi connectivity index (χ0) is 15.6. The van der Waals surface area contributed by atoms with Crippen molar-refractivity contribution in [2.24, 2.45) is 0 Å². The van der Waals surface area contributed by atoms with Gasteiger partial charge in [-0.3, -0.25) is 4.79 Å². The largest absolute Gasteiger partial charge is 0.290 e. The van der Waals surface area contributed by atoms with Crippen LogP contribution in [0.15, 0.2) is 24.3 Å². The van der Waals surface area contributed by atoms with Crippen LogP contribution < -0.4 is 0 Å². The van der Waals surface area contributed by atoms with Crippen molar-refractivity contribution >= 4 is 5.78 Å². The van der Waals surface area contributed by atoms with Crippen LogP contribution in [0.3, 0.4) is 0 Å². The van der Waals surface area contributed by atoms with Crippen LogP contribution in [-0.4, -0.2) is 5.78 Å². The number of rotatable bonds is 15. The molecule has 0 bridgehead atoms. The Morgan fingerprint density at radius 1 is 0.667 bits per heavy atom. The summed E-state index contributed by atoms with van der Waals surface area (Å²) < 4.78 is 0. The second-order valence-electron chi connectivity index (χ2n) is 5.94. The maximum absolute atomic E-state index is 11.3. The molecule has 0 aromatic rings. The Bertz CT molecular complexity index is 276. The standard InChI is InChI=1S/C20H36O/c1-3-5-7-8-9-10-11-12-13-14-15-16-17-19-20(21)18-6-4-2/h6,17-19H,3-5,7-16H2,1-2H3. The summed E-state index contributed by atoms with van der Waals surface area (Å²) in [6.07, 6.45) is 24.4. The quantitative estimate of drug-likeness (QED) is 0.240. The second kappa shape index (κ2) is 17.2. The predicted molar refractivity (Wildman–Crippen MR) is 94.7 cm³/mol. The monoisotopic (exact) mass is 292 g/mol. The van der Waals surface area contributed by atoms with E-state index < -0.39 is 0 Å². The summed E-state index contributed by atoms with van der Waals surface area (Å²) in [6.45, 7) is 4.31. The van der Waals surface area contributed by atoms with Crippen molar-refractivity contribution < 1.29 is 4.79 Å². The third-order valence-electron chi connectivity index (χ3n) is 3.77. The highest BCUT2D eigenvalue weighted by atomic mass is 16.1. The zero-order valence-electron chi connectivity index (χ0n) is 14.4. The molecule has 0 aliphatic carbocycles. The Balaban J connectivity index is 3.20. The topological polar surface area (TPSA) is 17.1 Å². The Hall–Kier alpha value is -0.850. The van der Waals surface area contributed by atoms with E-state index in [4.69, 9.17) is 0 Å². The first-order valence-electron chi connectivity index (χ1n) is 9.18. The molecule has 122 valence electrons. The van der Waals surface area contributed by atoms with E-state index in [1.807, 2.05) is 19.1 Å². The van der Waals surface area contributed by atoms with E-state index in [9.17, 15) is 4.79 Å². The highest BCUT2D eigenvalue weighted by molar-refractivity contribution is 5.99. The van der Waals surface area contributed by atoms with Gasteiger partial charge in [-0.1, -0.05) is 90.2 Å². The fraction of sp³-hybridized carbons (Fsp3) is 0.750. The maximum Gasteiger partial charge on any atom is 0.177 e. The maximum atomic E-state index is 11.3. The molecule has 0 aliphatic rings. The van der Waals surface area contributed by atoms with Gasteiger partial charge in [0.25, 0.3) is 0 Å². The van der Waals surface area contributed by atoms with Gasteiger partial charge in [-0.25, -0.2) is 0 Å². The summed E-state index contributed by atoms with van der Waals surface area (Å²) in [5.41, 5.74) is 0. The van der Waals surface area contributed by atoms with Gasteiger partial charge < -0.3 is 0 Å². The molecule has 21 heavy (non-hydrogen) atoms. The van der Waals surface area contributed by atoms with Crippen LogP contribution >= 0.6 is 0 Å². The average molecular weight is 293 g/mol. The lowest BCUT2D eigenvalue weighted by atomic mass is 10.1. The molecule has 1 nitrogen and oxygen atoms in total. The SMILES string of the molecule is CCC=CC(=O)C=CCCCCCCCCCCCCC. The lowest BCUT2D eigenvalue weighted by Crippen LogP contribution is -1.85. The second-order valence-corrected chi connectivity index (χ2v) is 5.94. The Kier molecular flexibility index (Phi) is 16.5. The molecule has 0 aliphatic heterocycles. The molecule has 0 saturated heterocycles. The van der Waals surface area contributed by atoms with Crippen molar-refractivity contribution in [2.75, 3.05) is 0 Å². The average Bonchev–Trinajstić information content (AvgIpc) is 2.49. The molecular formula is C20H36O. The molecule has 0 aromatic heterocycles. The van der Waals surface area contributed by atoms with Crippen LogP contribution in [0, 0.1) is 0 Å². The number of ketones is 1. The molecule has 0 aromatic carbocycles. The van der Waals surface area contributed by atoms with Crippen molar-refractivity contribution in [3.63, 3.8) is 0 Å². The summed E-state index contributed by atoms with van der Waals surface area (Å²) in [5, 5.41) is 0. The summed E-state index contributed by atoms with van der Waals surface area (Å²) in [6, 6.07) is 0. The first-order chi connectivity index (χ1) is 10.3. The van der Waals surface area contributed by atoms with Crippen LogP contribution in [0.4, 0.5) is 0 Å². The van der Waals surface area contributed by atoms with Gasteiger partial charge in [-0.2, -0.15) is 0 Å². The lowest BCUT2D eigenvalue weighted by Gasteiger charge is -2.01. The Morgan fingerprint density at radius 2 is 1.14 bits per heavy atom. The van der Waals surface area contributed by atoms with Crippen LogP contribution in [0.1, 0.15) is 97.3 Å². The molecule has 0 N–H and O–H groups in total. The van der Waals surface area contributed by atoms with Gasteiger partial charge in [0.1, 0.15) is 0 Å². The molecule has 0 spiro atoms. The number of allylic oxidation sites excluding steroid dienone is 4. The molecule has 0 fully saturated rings. The third kappa shape index (κ3) is 17.1. The van der Waals surface area contributed by atoms with E-state index in [0.29, 0.717) is 0 Å². The van der Waals surface area contributed by atoms with Gasteiger partial charge in [-0.05, 0) is 31.4 Å². The first kappa shape index (κ1) is 20.1. The molecule has 0 saturated carbocycles. The minimum Gasteiger partial charge on any atom is -0.290 e. The van der Waals surface area contributed by atoms with Crippen LogP contribution in [-0.2, 0) is 4.79 Å². The molecule has 0 amide bonds. The highest BCUT2D eigenvalue weighted by Gasteiger charge is 1.93. The minimum absolute atomic E-state index is 0.125. The summed E-state index contributed by atoms with van der Waals surface area (Å²) >= 11 is 0. The molecular weight excluding hydrogens is 256 g/mol. The first-order valence-corrected chi connectivity index (χ1v) is 9.18. The Labute approximate surface area is 132 Å². The summed E-state index contributed by atoms with van der Waals surface area (Å²) in [5.74, 6) is 0.125. The van der Waals surface area contributed by atoms with E-state index in [0.717, 1.165) is 12.8 Å². The molecule has 0 radical (unpaired) electrons. The molecule has 1 heteroatoms. The van der Waals surface area contributed by atoms with Crippen LogP contribution in [0.2, 0.25) is 0 Å². The number of carbonyl (C=O) groups is 1. The summed E-state index contributed by atoms with van der Waals surface area (Å²) in [4.78, 5) is 11.3. The number of hydrogen-bond donors (Lipinski definition) is 0. The lowest BCUT2D eigenvalue weighted by molar-refractivity contribution is -0.110. The van der Waals surface area contributed by atoms with Gasteiger partial charge in [0.05, 0.1) is 0 Å². The molecule has 0 rings (SSSR count). The van der Waals surface area contributed by atoms with E-state index in [2.05, 4.69) is 6.92 Å². The number of carbonyl (C=O) groups excluding carboxylic acids is 1. The zero-order valence-corrected chi connectivity index (χ0v) is 14.4.